The molecule has 0 heterocycles. The molecule has 3 heteroatoms. The van der Waals surface area contributed by atoms with Gasteiger partial charge in [0, 0.05) is 19.8 Å². The molecule has 1 aromatic carbocycles. The Labute approximate surface area is 83.6 Å². The Morgan fingerprint density at radius 1 is 1.21 bits per heavy atom. The van der Waals surface area contributed by atoms with Crippen LogP contribution in [0.3, 0.4) is 0 Å². The fourth-order valence-corrected chi connectivity index (χ4v) is 1.28. The minimum absolute atomic E-state index is 0.419. The summed E-state index contributed by atoms with van der Waals surface area (Å²) in [7, 11) is 3.23. The normalized spacial score (nSPS) is 10.1. The third-order valence-corrected chi connectivity index (χ3v) is 1.89. The number of hydrogen-bond donors (Lipinski definition) is 0. The molecule has 0 saturated heterocycles. The zero-order valence-electron chi connectivity index (χ0n) is 8.37. The van der Waals surface area contributed by atoms with E-state index in [9.17, 15) is 4.79 Å². The summed E-state index contributed by atoms with van der Waals surface area (Å²) in [5.74, 6) is 0. The molecule has 0 bridgehead atoms. The first kappa shape index (κ1) is 10.9. The number of hydrogen-bond acceptors (Lipinski definition) is 3. The van der Waals surface area contributed by atoms with E-state index in [1.165, 1.54) is 0 Å². The average molecular weight is 193 g/mol. The lowest BCUT2D eigenvalue weighted by Crippen LogP contribution is -1.97. The maximum absolute atomic E-state index is 10.6. The van der Waals surface area contributed by atoms with Crippen LogP contribution in [-0.2, 0) is 27.5 Å². The molecule has 0 aliphatic heterocycles. The van der Waals surface area contributed by atoms with Gasteiger partial charge in [-0.2, -0.15) is 0 Å². The molecule has 0 saturated carbocycles. The van der Waals surface area contributed by atoms with Gasteiger partial charge in [-0.25, -0.2) is 0 Å². The van der Waals surface area contributed by atoms with Crippen LogP contribution in [0.25, 0.3) is 0 Å². The largest absolute Gasteiger partial charge is 0.380 e. The predicted molar refractivity (Wildman–Crippen MR) is 52.7 cm³/mol. The molecule has 0 aliphatic carbocycles. The van der Waals surface area contributed by atoms with E-state index in [0.717, 1.165) is 11.1 Å². The van der Waals surface area contributed by atoms with Gasteiger partial charge in [-0.3, -0.25) is 4.79 Å². The minimum Gasteiger partial charge on any atom is -0.380 e. The lowest BCUT2D eigenvalue weighted by atomic mass is 10.1. The summed E-state index contributed by atoms with van der Waals surface area (Å²) in [4.78, 5) is 10.6. The standard InChI is InChI=1S/C11H13O3/c1-13-7-9-3-4-10(6-12)11(5-9)8-14-2/h3-5H,7-8H2,1-2H3. The van der Waals surface area contributed by atoms with Gasteiger partial charge in [0.15, 0.2) is 0 Å². The summed E-state index contributed by atoms with van der Waals surface area (Å²) in [5, 5.41) is 0. The van der Waals surface area contributed by atoms with E-state index in [-0.39, 0.29) is 0 Å². The van der Waals surface area contributed by atoms with E-state index >= 15 is 0 Å². The van der Waals surface area contributed by atoms with E-state index < -0.39 is 0 Å². The highest BCUT2D eigenvalue weighted by atomic mass is 16.5. The van der Waals surface area contributed by atoms with Crippen LogP contribution in [0.5, 0.6) is 0 Å². The van der Waals surface area contributed by atoms with E-state index in [4.69, 9.17) is 9.47 Å². The van der Waals surface area contributed by atoms with Crippen molar-refractivity contribution in [3.8, 4) is 0 Å². The topological polar surface area (TPSA) is 35.5 Å². The maximum Gasteiger partial charge on any atom is 0.233 e. The molecule has 0 unspecified atom stereocenters. The molecule has 0 N–H and O–H groups in total. The highest BCUT2D eigenvalue weighted by Crippen LogP contribution is 2.12. The Bertz CT molecular complexity index is 307. The van der Waals surface area contributed by atoms with E-state index in [1.807, 2.05) is 18.4 Å². The summed E-state index contributed by atoms with van der Waals surface area (Å²) in [6, 6.07) is 5.48. The SMILES string of the molecule is COCc1ccc([C]=O)c(COC)c1. The molecule has 0 fully saturated rings. The van der Waals surface area contributed by atoms with Gasteiger partial charge in [-0.1, -0.05) is 18.2 Å². The average Bonchev–Trinajstić information content (AvgIpc) is 2.19. The smallest absolute Gasteiger partial charge is 0.233 e. The Kier molecular flexibility index (Phi) is 4.29. The van der Waals surface area contributed by atoms with Crippen LogP contribution in [0, 0.1) is 0 Å². The first-order valence-electron chi connectivity index (χ1n) is 4.29. The molecule has 3 nitrogen and oxygen atoms in total. The third-order valence-electron chi connectivity index (χ3n) is 1.89. The number of ether oxygens (including phenoxy) is 2. The number of benzene rings is 1. The molecule has 1 radical (unpaired) electrons. The highest BCUT2D eigenvalue weighted by Gasteiger charge is 2.03. The number of carbonyl (C=O) groups excluding carboxylic acids is 1. The van der Waals surface area contributed by atoms with Gasteiger partial charge in [0.1, 0.15) is 0 Å². The van der Waals surface area contributed by atoms with Crippen molar-refractivity contribution < 1.29 is 14.3 Å². The van der Waals surface area contributed by atoms with Gasteiger partial charge in [-0.05, 0) is 11.1 Å². The Morgan fingerprint density at radius 2 is 1.93 bits per heavy atom. The summed E-state index contributed by atoms with van der Waals surface area (Å²) < 4.78 is 9.98. The molecular weight excluding hydrogens is 180 g/mol. The van der Waals surface area contributed by atoms with Crippen molar-refractivity contribution in [3.05, 3.63) is 34.9 Å². The molecule has 0 aliphatic rings. The van der Waals surface area contributed by atoms with Crippen molar-refractivity contribution in [3.63, 3.8) is 0 Å². The van der Waals surface area contributed by atoms with Crippen LogP contribution >= 0.6 is 0 Å². The van der Waals surface area contributed by atoms with E-state index in [1.54, 1.807) is 20.3 Å². The van der Waals surface area contributed by atoms with Crippen molar-refractivity contribution in [2.75, 3.05) is 14.2 Å². The van der Waals surface area contributed by atoms with Crippen molar-refractivity contribution in [1.29, 1.82) is 0 Å². The van der Waals surface area contributed by atoms with Crippen LogP contribution in [-0.4, -0.2) is 20.5 Å². The predicted octanol–water partition coefficient (Wildman–Crippen LogP) is 1.44. The lowest BCUT2D eigenvalue weighted by Gasteiger charge is -2.06. The fourth-order valence-electron chi connectivity index (χ4n) is 1.28. The second-order valence-corrected chi connectivity index (χ2v) is 2.96. The van der Waals surface area contributed by atoms with Crippen LogP contribution in [0.15, 0.2) is 18.2 Å². The van der Waals surface area contributed by atoms with Gasteiger partial charge in [0.2, 0.25) is 6.29 Å². The van der Waals surface area contributed by atoms with Crippen LogP contribution in [0.2, 0.25) is 0 Å². The molecule has 0 aromatic heterocycles. The summed E-state index contributed by atoms with van der Waals surface area (Å²) in [6.45, 7) is 0.956. The van der Waals surface area contributed by atoms with Crippen molar-refractivity contribution in [2.45, 2.75) is 13.2 Å². The van der Waals surface area contributed by atoms with Crippen LogP contribution in [0.1, 0.15) is 16.7 Å². The Morgan fingerprint density at radius 3 is 2.50 bits per heavy atom. The van der Waals surface area contributed by atoms with Gasteiger partial charge < -0.3 is 9.47 Å². The first-order valence-corrected chi connectivity index (χ1v) is 4.29. The Balaban J connectivity index is 2.94. The molecular formula is C11H13O3. The van der Waals surface area contributed by atoms with E-state index in [2.05, 4.69) is 0 Å². The quantitative estimate of drug-likeness (QED) is 0.709. The number of rotatable bonds is 5. The molecule has 1 rings (SSSR count). The van der Waals surface area contributed by atoms with Gasteiger partial charge in [0.05, 0.1) is 13.2 Å². The second-order valence-electron chi connectivity index (χ2n) is 2.96. The minimum atomic E-state index is 0.419. The molecule has 1 aromatic rings. The fraction of sp³-hybridized carbons (Fsp3) is 0.364. The first-order chi connectivity index (χ1) is 6.81. The highest BCUT2D eigenvalue weighted by molar-refractivity contribution is 5.77. The van der Waals surface area contributed by atoms with Crippen molar-refractivity contribution >= 4 is 6.29 Å². The van der Waals surface area contributed by atoms with Crippen molar-refractivity contribution in [1.82, 2.24) is 0 Å². The molecule has 75 valence electrons. The van der Waals surface area contributed by atoms with Gasteiger partial charge in [0.25, 0.3) is 0 Å². The maximum atomic E-state index is 10.6. The zero-order chi connectivity index (χ0) is 10.4. The second kappa shape index (κ2) is 5.52. The zero-order valence-corrected chi connectivity index (χ0v) is 8.37. The monoisotopic (exact) mass is 193 g/mol. The summed E-state index contributed by atoms with van der Waals surface area (Å²) in [6.07, 6.45) is 1.88. The van der Waals surface area contributed by atoms with Crippen LogP contribution in [0.4, 0.5) is 0 Å². The van der Waals surface area contributed by atoms with Gasteiger partial charge >= 0.3 is 0 Å². The molecule has 14 heavy (non-hydrogen) atoms. The van der Waals surface area contributed by atoms with Crippen molar-refractivity contribution in [2.24, 2.45) is 0 Å². The summed E-state index contributed by atoms with van der Waals surface area (Å²) >= 11 is 0. The van der Waals surface area contributed by atoms with E-state index in [0.29, 0.717) is 18.8 Å². The molecule has 0 spiro atoms. The molecule has 0 amide bonds. The van der Waals surface area contributed by atoms with Crippen LogP contribution < -0.4 is 0 Å². The lowest BCUT2D eigenvalue weighted by molar-refractivity contribution is 0.180. The molecule has 0 atom stereocenters. The number of methoxy groups -OCH3 is 2. The van der Waals surface area contributed by atoms with Gasteiger partial charge in [-0.15, -0.1) is 0 Å². The summed E-state index contributed by atoms with van der Waals surface area (Å²) in [5.41, 5.74) is 2.42. The Hall–Kier alpha value is -1.19. The third kappa shape index (κ3) is 2.65.